The van der Waals surface area contributed by atoms with Gasteiger partial charge in [0.05, 0.1) is 61.2 Å². The van der Waals surface area contributed by atoms with Gasteiger partial charge < -0.3 is 83.8 Å². The quantitative estimate of drug-likeness (QED) is 0.0173. The Morgan fingerprint density at radius 3 is 1.93 bits per heavy atom. The minimum absolute atomic E-state index is 0.0398. The Morgan fingerprint density at radius 2 is 1.31 bits per heavy atom. The van der Waals surface area contributed by atoms with Crippen molar-refractivity contribution in [2.45, 2.75) is 227 Å². The van der Waals surface area contributed by atoms with Crippen molar-refractivity contribution in [3.05, 3.63) is 125 Å². The number of aliphatic hydroxyl groups is 1. The highest BCUT2D eigenvalue weighted by Gasteiger charge is 2.45. The Kier molecular flexibility index (Phi) is 40.0. The van der Waals surface area contributed by atoms with E-state index in [0.717, 1.165) is 22.9 Å². The molecular formula is C84H114N14O20S3. The van der Waals surface area contributed by atoms with E-state index in [1.807, 2.05) is 36.3 Å². The van der Waals surface area contributed by atoms with Crippen molar-refractivity contribution < 1.29 is 97.1 Å². The van der Waals surface area contributed by atoms with E-state index in [-0.39, 0.29) is 91.8 Å². The smallest absolute Gasteiger partial charge is 0.305 e. The van der Waals surface area contributed by atoms with Gasteiger partial charge in [-0.15, -0.1) is 0 Å². The predicted molar refractivity (Wildman–Crippen MR) is 453 cm³/mol. The lowest BCUT2D eigenvalue weighted by Crippen LogP contribution is -2.60. The van der Waals surface area contributed by atoms with E-state index in [2.05, 4.69) is 47.2 Å². The number of carboxylic acid groups (broad SMARTS) is 3. The highest BCUT2D eigenvalue weighted by Crippen LogP contribution is 2.32. The second kappa shape index (κ2) is 49.5. The number of amidine groups is 1. The number of hydrogen-bond acceptors (Lipinski definition) is 23. The van der Waals surface area contributed by atoms with Crippen LogP contribution < -0.4 is 48.7 Å². The number of carbonyl (C=O) groups is 16. The molecule has 121 heavy (non-hydrogen) atoms. The van der Waals surface area contributed by atoms with Gasteiger partial charge in [-0.2, -0.15) is 35.3 Å². The number of aromatic nitrogens is 2. The van der Waals surface area contributed by atoms with Gasteiger partial charge in [-0.3, -0.25) is 82.2 Å². The van der Waals surface area contributed by atoms with Crippen LogP contribution in [0.25, 0.3) is 0 Å². The number of nitrogens with one attached hydrogen (secondary N) is 9. The van der Waals surface area contributed by atoms with Crippen molar-refractivity contribution in [3.8, 4) is 0 Å². The second-order valence-electron chi connectivity index (χ2n) is 31.3. The molecule has 1 aromatic heterocycles. The van der Waals surface area contributed by atoms with E-state index in [4.69, 9.17) is 16.9 Å². The Morgan fingerprint density at radius 1 is 0.661 bits per heavy atom. The number of ketones is 4. The molecule has 1 unspecified atom stereocenters. The largest absolute Gasteiger partial charge is 0.481 e. The summed E-state index contributed by atoms with van der Waals surface area (Å²) in [5.41, 5.74) is 13.9. The molecular weight excluding hydrogens is 1620 g/mol. The number of primary amides is 1. The average molecular weight is 1740 g/mol. The molecule has 3 aliphatic heterocycles. The first-order chi connectivity index (χ1) is 57.7. The summed E-state index contributed by atoms with van der Waals surface area (Å²) in [6, 6.07) is 11.5. The lowest BCUT2D eigenvalue weighted by molar-refractivity contribution is -0.143. The maximum Gasteiger partial charge on any atom is 0.305 e. The number of imidazole rings is 1. The van der Waals surface area contributed by atoms with Gasteiger partial charge in [-0.1, -0.05) is 91.3 Å². The van der Waals surface area contributed by atoms with Crippen molar-refractivity contribution in [2.75, 3.05) is 36.6 Å². The van der Waals surface area contributed by atoms with Gasteiger partial charge in [0, 0.05) is 116 Å². The molecule has 0 radical (unpaired) electrons. The maximum absolute atomic E-state index is 15.4. The zero-order valence-corrected chi connectivity index (χ0v) is 71.0. The Hall–Kier alpha value is -10.4. The third kappa shape index (κ3) is 32.2. The molecule has 37 heteroatoms. The monoisotopic (exact) mass is 1730 g/mol. The van der Waals surface area contributed by atoms with Crippen molar-refractivity contribution in [3.63, 3.8) is 0 Å². The predicted octanol–water partition coefficient (Wildman–Crippen LogP) is 3.11. The summed E-state index contributed by atoms with van der Waals surface area (Å²) in [5.74, 6) is -19.3. The molecule has 3 aromatic carbocycles. The minimum Gasteiger partial charge on any atom is -0.481 e. The lowest BCUT2D eigenvalue weighted by atomic mass is 9.88. The van der Waals surface area contributed by atoms with Crippen molar-refractivity contribution in [2.24, 2.45) is 35.1 Å². The first-order valence-corrected chi connectivity index (χ1v) is 44.4. The van der Waals surface area contributed by atoms with Crippen LogP contribution in [-0.4, -0.2) is 243 Å². The number of hydrogen-bond donors (Lipinski definition) is 15. The number of thioether (sulfide) groups is 3. The number of aliphatic carboxylic acids is 3. The summed E-state index contributed by atoms with van der Waals surface area (Å²) in [6.45, 7) is 5.29. The number of aliphatic hydroxyl groups excluding tert-OH is 1. The van der Waals surface area contributed by atoms with E-state index in [1.165, 1.54) is 49.9 Å². The van der Waals surface area contributed by atoms with Crippen LogP contribution in [0.4, 0.5) is 0 Å². The van der Waals surface area contributed by atoms with E-state index >= 15 is 28.8 Å². The zero-order valence-electron chi connectivity index (χ0n) is 68.5. The minimum atomic E-state index is -1.79. The molecule has 9 amide bonds. The molecule has 15 atom stereocenters. The van der Waals surface area contributed by atoms with Crippen molar-refractivity contribution >= 4 is 135 Å². The highest BCUT2D eigenvalue weighted by molar-refractivity contribution is 7.99. The number of carbonyl (C=O) groups excluding carboxylic acids is 13. The fraction of sp³-hybridized carbons (Fsp3) is 0.548. The molecule has 0 saturated carbocycles. The Labute approximate surface area is 715 Å². The average Bonchev–Trinajstić information content (AvgIpc) is 1.67. The lowest BCUT2D eigenvalue weighted by Gasteiger charge is -2.39. The number of aromatic amines is 1. The molecule has 7 rings (SSSR count). The maximum atomic E-state index is 15.4. The summed E-state index contributed by atoms with van der Waals surface area (Å²) >= 11 is 4.04. The van der Waals surface area contributed by atoms with Gasteiger partial charge in [0.1, 0.15) is 30.0 Å². The number of unbranched alkanes of at least 4 members (excludes halogenated alkanes) is 1. The molecule has 658 valence electrons. The van der Waals surface area contributed by atoms with E-state index < -0.39 is 218 Å². The second-order valence-corrected chi connectivity index (χ2v) is 34.3. The molecule has 34 nitrogen and oxygen atoms in total. The summed E-state index contributed by atoms with van der Waals surface area (Å²) in [7, 11) is 0. The van der Waals surface area contributed by atoms with Gasteiger partial charge in [-0.05, 0) is 126 Å². The molecule has 2 saturated heterocycles. The number of nitrogens with two attached hydrogens (primary N) is 2. The third-order valence-corrected chi connectivity index (χ3v) is 24.6. The SMILES string of the molecule is CSCC[C@H](CC(C)=O)C(=O)N[C@H]1CSCc2cccc(c2)CSC[C@@H](C(=O)C[C@@H](CC(=O)O)C(=O)N[C@@H](Cc2cnc[nH]2)C(=O)C[C@@H](Cc2ccccc2)C(=O)N[C@H](CCCCC(=N)N)C(=O)N[C@@H](CC(=O)O)C(N)=O)NC(=O)[C@H](Cc2ccccc2)CC(=O)[C@H](CCC(=O)O)NC(=O)[C@H]([C@@H](C)O)NC(=O)[C@@H]2CCCN2C(C)[C@@H]2CCCN2C1=O. The van der Waals surface area contributed by atoms with Crippen LogP contribution in [0.3, 0.4) is 0 Å². The first kappa shape index (κ1) is 97.7. The normalized spacial score (nSPS) is 21.6. The van der Waals surface area contributed by atoms with E-state index in [9.17, 15) is 68.4 Å². The fourth-order valence-corrected chi connectivity index (χ4v) is 17.9. The molecule has 4 aromatic rings. The molecule has 17 N–H and O–H groups in total. The number of H-pyrrole nitrogens is 1. The van der Waals surface area contributed by atoms with Gasteiger partial charge in [0.25, 0.3) is 0 Å². The van der Waals surface area contributed by atoms with Crippen LogP contribution in [0.15, 0.2) is 97.5 Å². The van der Waals surface area contributed by atoms with Crippen LogP contribution in [-0.2, 0) is 107 Å². The number of amides is 9. The number of rotatable bonds is 39. The van der Waals surface area contributed by atoms with Crippen molar-refractivity contribution in [1.29, 1.82) is 5.41 Å². The van der Waals surface area contributed by atoms with Crippen LogP contribution in [0, 0.1) is 29.1 Å². The highest BCUT2D eigenvalue weighted by atomic mass is 32.2. The molecule has 2 bridgehead atoms. The van der Waals surface area contributed by atoms with Gasteiger partial charge in [0.2, 0.25) is 53.2 Å². The summed E-state index contributed by atoms with van der Waals surface area (Å²) in [6.07, 6.45) is -0.423. The molecule has 2 fully saturated rings. The number of carboxylic acids is 3. The molecule has 3 aliphatic rings. The van der Waals surface area contributed by atoms with Crippen LogP contribution >= 0.6 is 35.3 Å². The number of nitrogens with zero attached hydrogens (tertiary/aromatic N) is 3. The molecule has 4 heterocycles. The standard InChI is InChI=1S/C84H114N14O20S3/c1-48(99)32-55(28-31-119-4)77(111)95-65-46-121-44-54-21-13-20-53(33-54)43-120-45-64(94-79(113)56(34-51-16-7-5-8-17-51)36-68(101)60(26-27-72(104)105)90-83(117)75(50(3)100)96-82(116)67-24-15-29-97(67)49(2)66-23-14-30-98(66)84(65)118)70(103)38-58(39-73(106)107)80(114)92-62(40-59-42-88-47-89-59)69(102)37-57(35-52-18-9-6-10-19-52)78(112)91-61(22-11-12-25-71(85)86)81(115)93-63(76(87)110)41-74(108)109/h5-10,13,16-21,33,42,47,49-50,55-58,60-67,75,100H,11-12,14-15,22-32,34-41,43-46H2,1-4H3,(H3,85,86)(H2,87,110)(H,88,89)(H,90,117)(H,91,112)(H,92,114)(H,93,115)(H,94,113)(H,95,111)(H,96,116)(H,104,105)(H,106,107)(H,108,109)/t49?,50-,55-,56-,57-,58+,60+,61-,62+,63+,64+,65+,66+,67+,75+/m1/s1. The summed E-state index contributed by atoms with van der Waals surface area (Å²) in [4.78, 5) is 236. The Bertz CT molecular complexity index is 4260. The summed E-state index contributed by atoms with van der Waals surface area (Å²) < 4.78 is 0. The Balaban J connectivity index is 1.25. The third-order valence-electron chi connectivity index (χ3n) is 21.7. The van der Waals surface area contributed by atoms with Crippen LogP contribution in [0.2, 0.25) is 0 Å². The number of fused-ring (bicyclic) bond motifs is 4. The van der Waals surface area contributed by atoms with Crippen LogP contribution in [0.1, 0.15) is 158 Å². The van der Waals surface area contributed by atoms with E-state index in [0.29, 0.717) is 67.8 Å². The molecule has 0 aliphatic carbocycles. The number of benzene rings is 3. The summed E-state index contributed by atoms with van der Waals surface area (Å²) in [5, 5.41) is 67.7. The van der Waals surface area contributed by atoms with Gasteiger partial charge in [-0.25, -0.2) is 4.98 Å². The fourth-order valence-electron chi connectivity index (χ4n) is 15.3. The topological polar surface area (TPSA) is 549 Å². The molecule has 0 spiro atoms. The van der Waals surface area contributed by atoms with Gasteiger partial charge >= 0.3 is 17.9 Å². The van der Waals surface area contributed by atoms with Gasteiger partial charge in [0.15, 0.2) is 17.3 Å². The number of Topliss-reactive ketones (excluding diaryl/α,β-unsaturated/α-hetero) is 4. The van der Waals surface area contributed by atoms with E-state index in [1.54, 1.807) is 71.6 Å². The van der Waals surface area contributed by atoms with Crippen molar-refractivity contribution in [1.82, 2.24) is 57.0 Å². The van der Waals surface area contributed by atoms with Crippen LogP contribution in [0.5, 0.6) is 0 Å². The first-order valence-electron chi connectivity index (χ1n) is 40.7. The zero-order chi connectivity index (χ0) is 88.4.